The van der Waals surface area contributed by atoms with Crippen LogP contribution in [0.4, 0.5) is 0 Å². The largest absolute Gasteiger partial charge is 0.330 e. The van der Waals surface area contributed by atoms with Gasteiger partial charge in [-0.1, -0.05) is 6.92 Å². The fourth-order valence-corrected chi connectivity index (χ4v) is 3.68. The van der Waals surface area contributed by atoms with Gasteiger partial charge in [0, 0.05) is 6.16 Å². The monoisotopic (exact) mass is 196 g/mol. The van der Waals surface area contributed by atoms with Crippen LogP contribution in [-0.2, 0) is 20.9 Å². The predicted octanol–water partition coefficient (Wildman–Crippen LogP) is 2.78. The van der Waals surface area contributed by atoms with Crippen LogP contribution in [0.15, 0.2) is 0 Å². The van der Waals surface area contributed by atoms with Crippen molar-refractivity contribution in [3.05, 3.63) is 0 Å². The number of rotatable bonds is 6. The van der Waals surface area contributed by atoms with Crippen LogP contribution in [0.5, 0.6) is 0 Å². The fraction of sp³-hybridized carbons (Fsp3) is 1.00. The average Bonchev–Trinajstić information content (AvgIpc) is 1.88. The highest BCUT2D eigenvalue weighted by molar-refractivity contribution is 8.09. The lowest BCUT2D eigenvalue weighted by Gasteiger charge is -2.19. The van der Waals surface area contributed by atoms with E-state index >= 15 is 0 Å². The second-order valence-corrected chi connectivity index (χ2v) is 6.02. The molecule has 68 valence electrons. The lowest BCUT2D eigenvalue weighted by Crippen LogP contribution is -1.98. The Kier molecular flexibility index (Phi) is 6.44. The molecule has 11 heavy (non-hydrogen) atoms. The average molecular weight is 196 g/mol. The summed E-state index contributed by atoms with van der Waals surface area (Å²) in [6.45, 7) is 5.45. The normalized spacial score (nSPS) is 11.9. The smallest absolute Gasteiger partial charge is 0.188 e. The molecule has 0 aliphatic heterocycles. The topological polar surface area (TPSA) is 18.5 Å². The van der Waals surface area contributed by atoms with E-state index in [1.165, 1.54) is 0 Å². The van der Waals surface area contributed by atoms with Crippen molar-refractivity contribution in [3.63, 3.8) is 0 Å². The first-order valence-corrected chi connectivity index (χ1v) is 6.89. The molecule has 2 nitrogen and oxygen atoms in total. The van der Waals surface area contributed by atoms with Crippen molar-refractivity contribution >= 4 is 18.3 Å². The fourth-order valence-electron chi connectivity index (χ4n) is 0.834. The van der Waals surface area contributed by atoms with Crippen molar-refractivity contribution in [2.24, 2.45) is 0 Å². The van der Waals surface area contributed by atoms with Gasteiger partial charge in [0.25, 0.3) is 0 Å². The van der Waals surface area contributed by atoms with Crippen molar-refractivity contribution in [2.75, 3.05) is 19.4 Å². The summed E-state index contributed by atoms with van der Waals surface area (Å²) in [5.74, 6) is 0. The van der Waals surface area contributed by atoms with E-state index in [2.05, 4.69) is 6.92 Å². The van der Waals surface area contributed by atoms with E-state index in [1.807, 2.05) is 13.8 Å². The molecule has 0 saturated carbocycles. The lowest BCUT2D eigenvalue weighted by atomic mass is 10.6. The van der Waals surface area contributed by atoms with Gasteiger partial charge in [-0.3, -0.25) is 0 Å². The quantitative estimate of drug-likeness (QED) is 0.608. The second-order valence-electron chi connectivity index (χ2n) is 2.17. The van der Waals surface area contributed by atoms with Crippen LogP contribution in [0.1, 0.15) is 27.2 Å². The summed E-state index contributed by atoms with van der Waals surface area (Å²) >= 11 is 5.27. The summed E-state index contributed by atoms with van der Waals surface area (Å²) in [5, 5.41) is 0. The number of hydrogen-bond acceptors (Lipinski definition) is 3. The highest BCUT2D eigenvalue weighted by atomic mass is 32.5. The Bertz CT molecular complexity index is 115. The Morgan fingerprint density at radius 3 is 1.82 bits per heavy atom. The van der Waals surface area contributed by atoms with Crippen LogP contribution < -0.4 is 0 Å². The van der Waals surface area contributed by atoms with E-state index < -0.39 is 6.49 Å². The maximum absolute atomic E-state index is 5.41. The molecule has 0 amide bonds. The maximum Gasteiger partial charge on any atom is 0.188 e. The van der Waals surface area contributed by atoms with Crippen molar-refractivity contribution in [2.45, 2.75) is 27.2 Å². The zero-order valence-corrected chi connectivity index (χ0v) is 9.21. The summed E-state index contributed by atoms with van der Waals surface area (Å²) in [7, 11) is 0. The van der Waals surface area contributed by atoms with E-state index in [0.717, 1.165) is 12.6 Å². The summed E-state index contributed by atoms with van der Waals surface area (Å²) in [6, 6.07) is 0. The predicted molar refractivity (Wildman–Crippen MR) is 52.7 cm³/mol. The van der Waals surface area contributed by atoms with Crippen LogP contribution >= 0.6 is 6.49 Å². The third-order valence-corrected chi connectivity index (χ3v) is 4.63. The summed E-state index contributed by atoms with van der Waals surface area (Å²) < 4.78 is 10.8. The van der Waals surface area contributed by atoms with Crippen LogP contribution in [0, 0.1) is 0 Å². The SMILES string of the molecule is CCCP(=S)(OCC)OCC. The van der Waals surface area contributed by atoms with E-state index in [9.17, 15) is 0 Å². The van der Waals surface area contributed by atoms with Gasteiger partial charge < -0.3 is 9.05 Å². The van der Waals surface area contributed by atoms with Gasteiger partial charge in [0.05, 0.1) is 13.2 Å². The third-order valence-electron chi connectivity index (χ3n) is 1.15. The molecule has 0 fully saturated rings. The highest BCUT2D eigenvalue weighted by Gasteiger charge is 2.15. The molecule has 0 aromatic carbocycles. The van der Waals surface area contributed by atoms with Gasteiger partial charge in [0.15, 0.2) is 6.49 Å². The minimum absolute atomic E-state index is 0.664. The van der Waals surface area contributed by atoms with Gasteiger partial charge in [0.1, 0.15) is 0 Å². The molecule has 0 bridgehead atoms. The molecule has 0 unspecified atom stereocenters. The number of hydrogen-bond donors (Lipinski definition) is 0. The molecule has 0 N–H and O–H groups in total. The Morgan fingerprint density at radius 1 is 1.09 bits per heavy atom. The zero-order valence-electron chi connectivity index (χ0n) is 7.50. The molecule has 0 saturated heterocycles. The summed E-state index contributed by atoms with van der Waals surface area (Å²) in [5.41, 5.74) is 0. The zero-order chi connectivity index (χ0) is 8.74. The minimum Gasteiger partial charge on any atom is -0.330 e. The minimum atomic E-state index is -1.89. The van der Waals surface area contributed by atoms with Gasteiger partial charge in [-0.2, -0.15) is 0 Å². The molecular formula is C7H17O2PS. The molecule has 0 aliphatic carbocycles. The van der Waals surface area contributed by atoms with Crippen molar-refractivity contribution in [1.82, 2.24) is 0 Å². The molecule has 4 heteroatoms. The van der Waals surface area contributed by atoms with Crippen LogP contribution in [-0.4, -0.2) is 19.4 Å². The van der Waals surface area contributed by atoms with Crippen molar-refractivity contribution < 1.29 is 9.05 Å². The molecule has 0 rings (SSSR count). The molecule has 0 atom stereocenters. The van der Waals surface area contributed by atoms with Crippen molar-refractivity contribution in [1.29, 1.82) is 0 Å². The van der Waals surface area contributed by atoms with Crippen molar-refractivity contribution in [3.8, 4) is 0 Å². The molecule has 0 aromatic rings. The van der Waals surface area contributed by atoms with E-state index in [4.69, 9.17) is 20.9 Å². The Labute approximate surface area is 74.4 Å². The highest BCUT2D eigenvalue weighted by Crippen LogP contribution is 2.48. The van der Waals surface area contributed by atoms with Crippen LogP contribution in [0.3, 0.4) is 0 Å². The maximum atomic E-state index is 5.41. The first-order chi connectivity index (χ1) is 5.18. The van der Waals surface area contributed by atoms with Gasteiger partial charge in [-0.15, -0.1) is 0 Å². The van der Waals surface area contributed by atoms with Gasteiger partial charge in [0.2, 0.25) is 0 Å². The van der Waals surface area contributed by atoms with E-state index in [1.54, 1.807) is 0 Å². The summed E-state index contributed by atoms with van der Waals surface area (Å²) in [6.07, 6.45) is 1.93. The molecule has 0 heterocycles. The van der Waals surface area contributed by atoms with Gasteiger partial charge in [-0.05, 0) is 32.1 Å². The first-order valence-electron chi connectivity index (χ1n) is 4.06. The van der Waals surface area contributed by atoms with Crippen LogP contribution in [0.2, 0.25) is 0 Å². The Hall–Kier alpha value is 0.570. The van der Waals surface area contributed by atoms with E-state index in [0.29, 0.717) is 13.2 Å². The third kappa shape index (κ3) is 4.91. The lowest BCUT2D eigenvalue weighted by molar-refractivity contribution is 0.266. The van der Waals surface area contributed by atoms with Gasteiger partial charge in [-0.25, -0.2) is 0 Å². The second kappa shape index (κ2) is 6.13. The molecule has 0 aromatic heterocycles. The molecular weight excluding hydrogens is 179 g/mol. The molecule has 0 spiro atoms. The molecule has 0 radical (unpaired) electrons. The van der Waals surface area contributed by atoms with Crippen LogP contribution in [0.25, 0.3) is 0 Å². The standard InChI is InChI=1S/C7H17O2PS/c1-4-7-10(11,8-5-2)9-6-3/h4-7H2,1-3H3. The summed E-state index contributed by atoms with van der Waals surface area (Å²) in [4.78, 5) is 0. The van der Waals surface area contributed by atoms with E-state index in [-0.39, 0.29) is 0 Å². The first kappa shape index (κ1) is 11.6. The Morgan fingerprint density at radius 2 is 1.55 bits per heavy atom. The Balaban J connectivity index is 3.91. The van der Waals surface area contributed by atoms with Gasteiger partial charge >= 0.3 is 0 Å². The molecule has 0 aliphatic rings.